The van der Waals surface area contributed by atoms with Gasteiger partial charge in [0.15, 0.2) is 0 Å². The molecule has 1 aliphatic heterocycles. The van der Waals surface area contributed by atoms with Crippen LogP contribution < -0.4 is 5.32 Å². The summed E-state index contributed by atoms with van der Waals surface area (Å²) in [6.07, 6.45) is 1.13. The van der Waals surface area contributed by atoms with Crippen molar-refractivity contribution in [1.82, 2.24) is 19.4 Å². The minimum Gasteiger partial charge on any atom is -0.374 e. The van der Waals surface area contributed by atoms with Gasteiger partial charge in [0, 0.05) is 50.3 Å². The van der Waals surface area contributed by atoms with Crippen molar-refractivity contribution >= 4 is 16.5 Å². The predicted octanol–water partition coefficient (Wildman–Crippen LogP) is 1.50. The minimum absolute atomic E-state index is 0.587. The molecule has 6 heteroatoms. The van der Waals surface area contributed by atoms with Crippen LogP contribution in [-0.4, -0.2) is 58.7 Å². The van der Waals surface area contributed by atoms with E-state index in [1.54, 1.807) is 0 Å². The Labute approximate surface area is 113 Å². The Bertz CT molecular complexity index is 367. The molecule has 18 heavy (non-hydrogen) atoms. The molecule has 0 saturated carbocycles. The fraction of sp³-hybridized carbons (Fsp3) is 0.833. The Hall–Kier alpha value is -0.720. The van der Waals surface area contributed by atoms with E-state index in [4.69, 9.17) is 0 Å². The molecule has 1 aromatic heterocycles. The molecule has 0 bridgehead atoms. The molecule has 2 rings (SSSR count). The van der Waals surface area contributed by atoms with Gasteiger partial charge in [-0.05, 0) is 20.4 Å². The van der Waals surface area contributed by atoms with Gasteiger partial charge in [-0.25, -0.2) is 0 Å². The average Bonchev–Trinajstić information content (AvgIpc) is 2.77. The van der Waals surface area contributed by atoms with Crippen molar-refractivity contribution < 1.29 is 0 Å². The van der Waals surface area contributed by atoms with Crippen LogP contribution in [0.1, 0.15) is 26.0 Å². The number of hydrogen-bond acceptors (Lipinski definition) is 6. The number of piperazine rings is 1. The second-order valence-corrected chi connectivity index (χ2v) is 5.81. The van der Waals surface area contributed by atoms with E-state index in [0.717, 1.165) is 49.8 Å². The highest BCUT2D eigenvalue weighted by molar-refractivity contribution is 7.10. The van der Waals surface area contributed by atoms with Crippen molar-refractivity contribution in [1.29, 1.82) is 0 Å². The van der Waals surface area contributed by atoms with Gasteiger partial charge < -0.3 is 10.2 Å². The van der Waals surface area contributed by atoms with Gasteiger partial charge in [0.2, 0.25) is 0 Å². The lowest BCUT2D eigenvalue weighted by molar-refractivity contribution is 0.0929. The Balaban J connectivity index is 1.94. The maximum Gasteiger partial charge on any atom is 0.134 e. The summed E-state index contributed by atoms with van der Waals surface area (Å²) in [7, 11) is 2.19. The molecule has 1 fully saturated rings. The van der Waals surface area contributed by atoms with Crippen molar-refractivity contribution in [3.05, 3.63) is 5.69 Å². The normalized spacial score (nSPS) is 22.3. The van der Waals surface area contributed by atoms with E-state index in [-0.39, 0.29) is 0 Å². The molecular weight excluding hydrogens is 246 g/mol. The topological polar surface area (TPSA) is 44.3 Å². The smallest absolute Gasteiger partial charge is 0.134 e. The highest BCUT2D eigenvalue weighted by Crippen LogP contribution is 2.21. The zero-order chi connectivity index (χ0) is 13.0. The summed E-state index contributed by atoms with van der Waals surface area (Å²) in [5.74, 6) is 0. The summed E-state index contributed by atoms with van der Waals surface area (Å²) >= 11 is 1.47. The van der Waals surface area contributed by atoms with E-state index in [0.29, 0.717) is 6.04 Å². The lowest BCUT2D eigenvalue weighted by Gasteiger charge is -2.37. The van der Waals surface area contributed by atoms with Gasteiger partial charge in [-0.15, -0.1) is 5.10 Å². The molecule has 0 aromatic carbocycles. The van der Waals surface area contributed by atoms with Crippen LogP contribution >= 0.6 is 11.5 Å². The summed E-state index contributed by atoms with van der Waals surface area (Å²) in [6, 6.07) is 0.587. The van der Waals surface area contributed by atoms with Crippen LogP contribution in [0.4, 0.5) is 5.00 Å². The zero-order valence-corrected chi connectivity index (χ0v) is 12.3. The molecule has 1 atom stereocenters. The molecule has 1 aliphatic rings. The number of likely N-dealkylation sites (N-methyl/N-ethyl adjacent to an activating group) is 1. The second kappa shape index (κ2) is 6.45. The molecule has 0 amide bonds. The second-order valence-electron chi connectivity index (χ2n) is 5.06. The van der Waals surface area contributed by atoms with Crippen LogP contribution in [0, 0.1) is 0 Å². The summed E-state index contributed by atoms with van der Waals surface area (Å²) < 4.78 is 4.07. The van der Waals surface area contributed by atoms with Crippen molar-refractivity contribution in [3.63, 3.8) is 0 Å². The molecule has 1 aromatic rings. The summed E-state index contributed by atoms with van der Waals surface area (Å²) in [4.78, 5) is 4.88. The van der Waals surface area contributed by atoms with Crippen LogP contribution in [-0.2, 0) is 6.54 Å². The Morgan fingerprint density at radius 2 is 2.28 bits per heavy atom. The first-order valence-corrected chi connectivity index (χ1v) is 7.45. The van der Waals surface area contributed by atoms with E-state index >= 15 is 0 Å². The first-order chi connectivity index (χ1) is 8.70. The lowest BCUT2D eigenvalue weighted by Crippen LogP contribution is -2.49. The fourth-order valence-electron chi connectivity index (χ4n) is 2.29. The van der Waals surface area contributed by atoms with Crippen molar-refractivity contribution in [2.45, 2.75) is 32.9 Å². The van der Waals surface area contributed by atoms with E-state index < -0.39 is 0 Å². The van der Waals surface area contributed by atoms with Gasteiger partial charge in [-0.3, -0.25) is 4.90 Å². The first kappa shape index (κ1) is 13.7. The molecule has 0 aliphatic carbocycles. The number of nitrogens with zero attached hydrogens (tertiary/aromatic N) is 4. The standard InChI is InChI=1S/C12H23N5S/c1-4-5-13-12-11(14-15-18-12)9-17-7-6-16(3)8-10(17)2/h10,13H,4-9H2,1-3H3. The van der Waals surface area contributed by atoms with Crippen LogP contribution in [0.5, 0.6) is 0 Å². The largest absolute Gasteiger partial charge is 0.374 e. The molecule has 102 valence electrons. The summed E-state index contributed by atoms with van der Waals surface area (Å²) in [5.41, 5.74) is 1.10. The minimum atomic E-state index is 0.587. The average molecular weight is 269 g/mol. The molecule has 1 N–H and O–H groups in total. The molecular formula is C12H23N5S. The van der Waals surface area contributed by atoms with Crippen LogP contribution in [0.15, 0.2) is 0 Å². The van der Waals surface area contributed by atoms with Crippen molar-refractivity contribution in [2.24, 2.45) is 0 Å². The highest BCUT2D eigenvalue weighted by atomic mass is 32.1. The van der Waals surface area contributed by atoms with Crippen LogP contribution in [0.3, 0.4) is 0 Å². The van der Waals surface area contributed by atoms with Gasteiger partial charge in [-0.2, -0.15) is 0 Å². The fourth-order valence-corrected chi connectivity index (χ4v) is 2.89. The number of anilines is 1. The van der Waals surface area contributed by atoms with Crippen molar-refractivity contribution in [2.75, 3.05) is 38.5 Å². The Morgan fingerprint density at radius 1 is 1.44 bits per heavy atom. The maximum absolute atomic E-state index is 4.27. The van der Waals surface area contributed by atoms with Gasteiger partial charge >= 0.3 is 0 Å². The first-order valence-electron chi connectivity index (χ1n) is 6.68. The lowest BCUT2D eigenvalue weighted by atomic mass is 10.2. The van der Waals surface area contributed by atoms with E-state index in [1.807, 2.05) is 0 Å². The molecule has 1 unspecified atom stereocenters. The molecule has 1 saturated heterocycles. The molecule has 0 spiro atoms. The van der Waals surface area contributed by atoms with E-state index in [9.17, 15) is 0 Å². The quantitative estimate of drug-likeness (QED) is 0.877. The maximum atomic E-state index is 4.27. The van der Waals surface area contributed by atoms with E-state index in [2.05, 4.69) is 45.6 Å². The third kappa shape index (κ3) is 3.40. The number of hydrogen-bond donors (Lipinski definition) is 1. The number of rotatable bonds is 5. The van der Waals surface area contributed by atoms with Crippen LogP contribution in [0.2, 0.25) is 0 Å². The number of nitrogens with one attached hydrogen (secondary N) is 1. The Morgan fingerprint density at radius 3 is 3.00 bits per heavy atom. The summed E-state index contributed by atoms with van der Waals surface area (Å²) in [6.45, 7) is 9.75. The van der Waals surface area contributed by atoms with E-state index in [1.165, 1.54) is 11.5 Å². The summed E-state index contributed by atoms with van der Waals surface area (Å²) in [5, 5.41) is 8.82. The van der Waals surface area contributed by atoms with Gasteiger partial charge in [0.05, 0.1) is 0 Å². The third-order valence-corrected chi connectivity index (χ3v) is 4.14. The monoisotopic (exact) mass is 269 g/mol. The van der Waals surface area contributed by atoms with Gasteiger partial charge in [0.25, 0.3) is 0 Å². The van der Waals surface area contributed by atoms with Crippen LogP contribution in [0.25, 0.3) is 0 Å². The Kier molecular flexibility index (Phi) is 4.91. The molecule has 2 heterocycles. The zero-order valence-electron chi connectivity index (χ0n) is 11.5. The SMILES string of the molecule is CCCNc1snnc1CN1CCN(C)CC1C. The predicted molar refractivity (Wildman–Crippen MR) is 76.1 cm³/mol. The highest BCUT2D eigenvalue weighted by Gasteiger charge is 2.23. The van der Waals surface area contributed by atoms with Gasteiger partial charge in [-0.1, -0.05) is 11.4 Å². The third-order valence-electron chi connectivity index (χ3n) is 3.41. The number of aromatic nitrogens is 2. The molecule has 5 nitrogen and oxygen atoms in total. The van der Waals surface area contributed by atoms with Gasteiger partial charge in [0.1, 0.15) is 10.7 Å². The molecule has 0 radical (unpaired) electrons. The van der Waals surface area contributed by atoms with Crippen molar-refractivity contribution in [3.8, 4) is 0 Å².